The maximum atomic E-state index is 14.9. The lowest BCUT2D eigenvalue weighted by Crippen LogP contribution is -2.29. The van der Waals surface area contributed by atoms with Crippen LogP contribution in [-0.4, -0.2) is 30.9 Å². The number of nitrogens with zero attached hydrogens (tertiary/aromatic N) is 1. The molecule has 2 aromatic carbocycles. The Bertz CT molecular complexity index is 962. The van der Waals surface area contributed by atoms with Crippen LogP contribution in [0.4, 0.5) is 26.3 Å². The van der Waals surface area contributed by atoms with Crippen LogP contribution in [-0.2, 0) is 0 Å². The van der Waals surface area contributed by atoms with Gasteiger partial charge in [-0.1, -0.05) is 56.8 Å². The molecule has 2 aromatic rings. The minimum atomic E-state index is -2.82. The van der Waals surface area contributed by atoms with Gasteiger partial charge in [0.25, 0.3) is 12.9 Å². The monoisotopic (exact) mass is 455 g/mol. The quantitative estimate of drug-likeness (QED) is 0.411. The molecule has 1 aliphatic rings. The third kappa shape index (κ3) is 5.96. The summed E-state index contributed by atoms with van der Waals surface area (Å²) in [4.78, 5) is 1.04. The maximum absolute atomic E-state index is 14.9. The van der Waals surface area contributed by atoms with Crippen LogP contribution in [0.5, 0.6) is 5.75 Å². The molecule has 0 unspecified atom stereocenters. The molecule has 1 heterocycles. The van der Waals surface area contributed by atoms with Crippen molar-refractivity contribution in [3.05, 3.63) is 89.7 Å². The normalized spacial score (nSPS) is 13.6. The van der Waals surface area contributed by atoms with Gasteiger partial charge >= 0.3 is 0 Å². The van der Waals surface area contributed by atoms with Crippen molar-refractivity contribution in [2.24, 2.45) is 0 Å². The first-order valence-corrected chi connectivity index (χ1v) is 9.90. The molecule has 0 aliphatic carbocycles. The Labute approximate surface area is 183 Å². The molecule has 0 saturated carbocycles. The third-order valence-electron chi connectivity index (χ3n) is 4.35. The predicted molar refractivity (Wildman–Crippen MR) is 113 cm³/mol. The highest BCUT2D eigenvalue weighted by atomic mass is 19.3. The van der Waals surface area contributed by atoms with Gasteiger partial charge in [-0.25, -0.2) is 26.3 Å². The van der Waals surface area contributed by atoms with E-state index >= 15 is 0 Å². The van der Waals surface area contributed by atoms with Crippen molar-refractivity contribution in [2.45, 2.75) is 26.7 Å². The molecule has 0 amide bonds. The largest absolute Gasteiger partial charge is 0.487 e. The molecule has 0 bridgehead atoms. The number of allylic oxidation sites excluding steroid dienone is 3. The molecule has 3 rings (SSSR count). The molecule has 172 valence electrons. The Hall–Kier alpha value is -3.16. The predicted octanol–water partition coefficient (Wildman–Crippen LogP) is 7.15. The summed E-state index contributed by atoms with van der Waals surface area (Å²) in [7, 11) is 0. The number of hydrogen-bond donors (Lipinski definition) is 0. The van der Waals surface area contributed by atoms with Crippen LogP contribution in [0.2, 0.25) is 0 Å². The lowest BCUT2D eigenvalue weighted by Gasteiger charge is -2.33. The zero-order chi connectivity index (χ0) is 23.8. The van der Waals surface area contributed by atoms with Crippen LogP contribution in [0.3, 0.4) is 0 Å². The second-order valence-corrected chi connectivity index (χ2v) is 6.42. The third-order valence-corrected chi connectivity index (χ3v) is 4.35. The summed E-state index contributed by atoms with van der Waals surface area (Å²) in [6, 6.07) is 9.97. The zero-order valence-corrected chi connectivity index (χ0v) is 17.6. The van der Waals surface area contributed by atoms with E-state index in [2.05, 4.69) is 11.3 Å². The Morgan fingerprint density at radius 2 is 1.50 bits per heavy atom. The molecule has 0 radical (unpaired) electrons. The Balaban J connectivity index is 0.00000176. The zero-order valence-electron chi connectivity index (χ0n) is 17.6. The first kappa shape index (κ1) is 25.1. The van der Waals surface area contributed by atoms with E-state index < -0.39 is 48.9 Å². The second-order valence-electron chi connectivity index (χ2n) is 6.42. The van der Waals surface area contributed by atoms with E-state index in [1.165, 1.54) is 12.2 Å². The minimum absolute atomic E-state index is 0.127. The molecule has 32 heavy (non-hydrogen) atoms. The SMILES string of the molecule is C=C1C=CC(c2ccccc2)=C(c2c(F)cc(OCC(F)F)cc2F)N1CC(F)F.CC. The van der Waals surface area contributed by atoms with Crippen molar-refractivity contribution in [1.29, 1.82) is 0 Å². The molecule has 2 nitrogen and oxygen atoms in total. The van der Waals surface area contributed by atoms with Gasteiger partial charge in [0, 0.05) is 23.4 Å². The van der Waals surface area contributed by atoms with E-state index in [1.807, 2.05) is 13.8 Å². The van der Waals surface area contributed by atoms with Crippen LogP contribution in [0, 0.1) is 11.6 Å². The fourth-order valence-electron chi connectivity index (χ4n) is 3.12. The maximum Gasteiger partial charge on any atom is 0.272 e. The van der Waals surface area contributed by atoms with Gasteiger partial charge < -0.3 is 9.64 Å². The summed E-state index contributed by atoms with van der Waals surface area (Å²) >= 11 is 0. The van der Waals surface area contributed by atoms with Crippen LogP contribution in [0.1, 0.15) is 25.0 Å². The van der Waals surface area contributed by atoms with Crippen molar-refractivity contribution in [3.63, 3.8) is 0 Å². The van der Waals surface area contributed by atoms with E-state index in [1.54, 1.807) is 30.3 Å². The Kier molecular flexibility index (Phi) is 8.99. The summed E-state index contributed by atoms with van der Waals surface area (Å²) in [5.41, 5.74) is 0.269. The highest BCUT2D eigenvalue weighted by Gasteiger charge is 2.29. The molecular weight excluding hydrogens is 432 g/mol. The molecule has 0 fully saturated rings. The standard InChI is InChI=1S/C22H17F6NO.C2H6/c1-13-7-8-16(14-5-3-2-4-6-14)22(29(13)11-19(25)26)21-17(23)9-15(10-18(21)24)30-12-20(27)28;1-2/h2-10,19-20H,1,11-12H2;1-2H3. The van der Waals surface area contributed by atoms with Crippen LogP contribution >= 0.6 is 0 Å². The van der Waals surface area contributed by atoms with Gasteiger partial charge in [0.15, 0.2) is 0 Å². The molecule has 0 N–H and O–H groups in total. The van der Waals surface area contributed by atoms with Crippen molar-refractivity contribution >= 4 is 11.3 Å². The molecule has 0 atom stereocenters. The van der Waals surface area contributed by atoms with Gasteiger partial charge in [0.2, 0.25) is 0 Å². The number of rotatable bonds is 7. The van der Waals surface area contributed by atoms with Gasteiger partial charge in [-0.2, -0.15) is 0 Å². The molecule has 8 heteroatoms. The number of alkyl halides is 4. The van der Waals surface area contributed by atoms with Gasteiger partial charge in [-0.05, 0) is 11.6 Å². The van der Waals surface area contributed by atoms with E-state index in [-0.39, 0.29) is 11.4 Å². The molecular formula is C24H23F6NO. The first-order valence-electron chi connectivity index (χ1n) is 9.90. The van der Waals surface area contributed by atoms with Gasteiger partial charge in [0.05, 0.1) is 17.8 Å². The average molecular weight is 455 g/mol. The summed E-state index contributed by atoms with van der Waals surface area (Å²) in [5, 5.41) is 0. The molecule has 0 saturated heterocycles. The summed E-state index contributed by atoms with van der Waals surface area (Å²) in [5.74, 6) is -2.70. The number of ether oxygens (including phenoxy) is 1. The summed E-state index contributed by atoms with van der Waals surface area (Å²) < 4.78 is 85.7. The minimum Gasteiger partial charge on any atom is -0.487 e. The number of halogens is 6. The van der Waals surface area contributed by atoms with E-state index in [0.717, 1.165) is 17.0 Å². The molecule has 1 aliphatic heterocycles. The lowest BCUT2D eigenvalue weighted by atomic mass is 9.94. The summed E-state index contributed by atoms with van der Waals surface area (Å²) in [6.07, 6.45) is -2.62. The fourth-order valence-corrected chi connectivity index (χ4v) is 3.12. The van der Waals surface area contributed by atoms with Crippen LogP contribution in [0.15, 0.2) is 66.9 Å². The van der Waals surface area contributed by atoms with Crippen molar-refractivity contribution in [3.8, 4) is 5.75 Å². The Morgan fingerprint density at radius 1 is 0.906 bits per heavy atom. The second kappa shape index (κ2) is 11.5. The van der Waals surface area contributed by atoms with Crippen LogP contribution in [0.25, 0.3) is 11.3 Å². The van der Waals surface area contributed by atoms with Crippen molar-refractivity contribution < 1.29 is 31.1 Å². The van der Waals surface area contributed by atoms with Crippen LogP contribution < -0.4 is 4.74 Å². The lowest BCUT2D eigenvalue weighted by molar-refractivity contribution is 0.0815. The van der Waals surface area contributed by atoms with Gasteiger partial charge in [0.1, 0.15) is 24.0 Å². The molecule has 0 aromatic heterocycles. The van der Waals surface area contributed by atoms with E-state index in [4.69, 9.17) is 0 Å². The molecule has 0 spiro atoms. The number of benzene rings is 2. The van der Waals surface area contributed by atoms with Gasteiger partial charge in [-0.15, -0.1) is 0 Å². The topological polar surface area (TPSA) is 12.5 Å². The first-order chi connectivity index (χ1) is 15.3. The highest BCUT2D eigenvalue weighted by molar-refractivity contribution is 5.97. The Morgan fingerprint density at radius 3 is 2.03 bits per heavy atom. The van der Waals surface area contributed by atoms with Gasteiger partial charge in [-0.3, -0.25) is 0 Å². The van der Waals surface area contributed by atoms with Crippen molar-refractivity contribution in [1.82, 2.24) is 4.90 Å². The highest BCUT2D eigenvalue weighted by Crippen LogP contribution is 2.39. The smallest absolute Gasteiger partial charge is 0.272 e. The van der Waals surface area contributed by atoms with E-state index in [0.29, 0.717) is 11.1 Å². The number of hydrogen-bond acceptors (Lipinski definition) is 2. The van der Waals surface area contributed by atoms with E-state index in [9.17, 15) is 26.3 Å². The van der Waals surface area contributed by atoms with Crippen molar-refractivity contribution in [2.75, 3.05) is 13.2 Å². The fraction of sp³-hybridized carbons (Fsp3) is 0.250. The summed E-state index contributed by atoms with van der Waals surface area (Å²) in [6.45, 7) is 5.83. The average Bonchev–Trinajstić information content (AvgIpc) is 2.76.